The van der Waals surface area contributed by atoms with Gasteiger partial charge in [-0.2, -0.15) is 0 Å². The van der Waals surface area contributed by atoms with Crippen molar-refractivity contribution < 1.29 is 0 Å². The minimum Gasteiger partial charge on any atom is -0.324 e. The van der Waals surface area contributed by atoms with E-state index in [1.165, 1.54) is 25.1 Å². The number of imidazole rings is 1. The van der Waals surface area contributed by atoms with Crippen LogP contribution in [0.5, 0.6) is 0 Å². The summed E-state index contributed by atoms with van der Waals surface area (Å²) in [7, 11) is 0. The predicted octanol–water partition coefficient (Wildman–Crippen LogP) is 3.18. The summed E-state index contributed by atoms with van der Waals surface area (Å²) in [5.41, 5.74) is 2.20. The normalized spacial score (nSPS) is 23.3. The number of nitrogens with one attached hydrogen (secondary N) is 1. The largest absolute Gasteiger partial charge is 0.324 e. The first kappa shape index (κ1) is 11.7. The van der Waals surface area contributed by atoms with Gasteiger partial charge in [0, 0.05) is 12.5 Å². The molecule has 2 aromatic rings. The molecular weight excluding hydrogens is 258 g/mol. The Morgan fingerprint density at radius 1 is 1.32 bits per heavy atom. The number of fused-ring (bicyclic) bond motifs is 1. The number of hydrogen-bond acceptors (Lipinski definition) is 2. The first-order valence-electron chi connectivity index (χ1n) is 7.19. The molecule has 2 aliphatic rings. The molecule has 0 spiro atoms. The van der Waals surface area contributed by atoms with Crippen LogP contribution in [-0.2, 0) is 6.42 Å². The van der Waals surface area contributed by atoms with Crippen molar-refractivity contribution in [1.29, 1.82) is 0 Å². The zero-order valence-corrected chi connectivity index (χ0v) is 11.7. The van der Waals surface area contributed by atoms with Gasteiger partial charge in [-0.3, -0.25) is 0 Å². The van der Waals surface area contributed by atoms with E-state index in [2.05, 4.69) is 16.0 Å². The van der Waals surface area contributed by atoms with Crippen molar-refractivity contribution in [3.8, 4) is 0 Å². The number of benzene rings is 1. The highest BCUT2D eigenvalue weighted by Crippen LogP contribution is 2.41. The molecule has 1 aliphatic carbocycles. The van der Waals surface area contributed by atoms with Crippen molar-refractivity contribution in [1.82, 2.24) is 14.9 Å². The Kier molecular flexibility index (Phi) is 2.78. The van der Waals surface area contributed by atoms with Crippen LogP contribution in [0.3, 0.4) is 0 Å². The van der Waals surface area contributed by atoms with Gasteiger partial charge in [0.15, 0.2) is 0 Å². The Balaban J connectivity index is 1.80. The van der Waals surface area contributed by atoms with Gasteiger partial charge in [0.05, 0.1) is 16.1 Å². The van der Waals surface area contributed by atoms with Crippen LogP contribution >= 0.6 is 11.6 Å². The molecule has 0 bridgehead atoms. The first-order chi connectivity index (χ1) is 9.33. The fourth-order valence-electron chi connectivity index (χ4n) is 3.17. The maximum absolute atomic E-state index is 6.39. The smallest absolute Gasteiger partial charge is 0.110 e. The summed E-state index contributed by atoms with van der Waals surface area (Å²) < 4.78 is 2.41. The van der Waals surface area contributed by atoms with E-state index in [-0.39, 0.29) is 0 Å². The van der Waals surface area contributed by atoms with Gasteiger partial charge in [-0.25, -0.2) is 4.98 Å². The fourth-order valence-corrected chi connectivity index (χ4v) is 3.43. The zero-order chi connectivity index (χ0) is 12.8. The maximum atomic E-state index is 6.39. The van der Waals surface area contributed by atoms with E-state index < -0.39 is 0 Å². The SMILES string of the molecule is Clc1cccc2nc(CC3CCNC3)n(C3CC3)c12. The third-order valence-corrected chi connectivity index (χ3v) is 4.58. The molecule has 1 unspecified atom stereocenters. The zero-order valence-electron chi connectivity index (χ0n) is 10.9. The summed E-state index contributed by atoms with van der Waals surface area (Å²) in [5, 5.41) is 4.28. The molecule has 19 heavy (non-hydrogen) atoms. The molecule has 1 N–H and O–H groups in total. The van der Waals surface area contributed by atoms with Crippen molar-refractivity contribution in [3.05, 3.63) is 29.0 Å². The Hall–Kier alpha value is -1.06. The van der Waals surface area contributed by atoms with Gasteiger partial charge in [0.1, 0.15) is 5.82 Å². The standard InChI is InChI=1S/C15H18ClN3/c16-12-2-1-3-13-15(12)19(11-4-5-11)14(18-13)8-10-6-7-17-9-10/h1-3,10-11,17H,4-9H2. The Labute approximate surface area is 118 Å². The highest BCUT2D eigenvalue weighted by atomic mass is 35.5. The van der Waals surface area contributed by atoms with Crippen LogP contribution in [0.4, 0.5) is 0 Å². The van der Waals surface area contributed by atoms with Gasteiger partial charge < -0.3 is 9.88 Å². The third-order valence-electron chi connectivity index (χ3n) is 4.28. The molecule has 2 heterocycles. The molecule has 0 amide bonds. The number of nitrogens with zero attached hydrogens (tertiary/aromatic N) is 2. The van der Waals surface area contributed by atoms with Gasteiger partial charge in [-0.1, -0.05) is 17.7 Å². The molecule has 2 fully saturated rings. The van der Waals surface area contributed by atoms with E-state index in [4.69, 9.17) is 16.6 Å². The van der Waals surface area contributed by atoms with Gasteiger partial charge >= 0.3 is 0 Å². The summed E-state index contributed by atoms with van der Waals surface area (Å²) in [6.45, 7) is 2.27. The van der Waals surface area contributed by atoms with Crippen molar-refractivity contribution >= 4 is 22.6 Å². The molecule has 100 valence electrons. The lowest BCUT2D eigenvalue weighted by Crippen LogP contribution is -2.13. The molecule has 1 atom stereocenters. The van der Waals surface area contributed by atoms with Crippen LogP contribution in [0.2, 0.25) is 5.02 Å². The summed E-state index contributed by atoms with van der Waals surface area (Å²) >= 11 is 6.39. The number of aromatic nitrogens is 2. The van der Waals surface area contributed by atoms with E-state index >= 15 is 0 Å². The predicted molar refractivity (Wildman–Crippen MR) is 77.7 cm³/mol. The lowest BCUT2D eigenvalue weighted by atomic mass is 10.0. The van der Waals surface area contributed by atoms with Crippen LogP contribution in [0, 0.1) is 5.92 Å². The molecule has 1 aliphatic heterocycles. The van der Waals surface area contributed by atoms with E-state index in [1.807, 2.05) is 12.1 Å². The summed E-state index contributed by atoms with van der Waals surface area (Å²) in [4.78, 5) is 4.85. The molecule has 3 nitrogen and oxygen atoms in total. The Morgan fingerprint density at radius 3 is 2.95 bits per heavy atom. The monoisotopic (exact) mass is 275 g/mol. The van der Waals surface area contributed by atoms with E-state index in [0.29, 0.717) is 6.04 Å². The number of halogens is 1. The maximum Gasteiger partial charge on any atom is 0.110 e. The second-order valence-corrected chi connectivity index (χ2v) is 6.21. The molecule has 0 radical (unpaired) electrons. The van der Waals surface area contributed by atoms with Crippen LogP contribution in [0.1, 0.15) is 31.1 Å². The highest BCUT2D eigenvalue weighted by molar-refractivity contribution is 6.35. The van der Waals surface area contributed by atoms with Gasteiger partial charge in [0.25, 0.3) is 0 Å². The van der Waals surface area contributed by atoms with Crippen LogP contribution in [0.25, 0.3) is 11.0 Å². The van der Waals surface area contributed by atoms with Crippen LogP contribution in [0.15, 0.2) is 18.2 Å². The molecule has 1 aromatic carbocycles. The summed E-state index contributed by atoms with van der Waals surface area (Å²) in [6, 6.07) is 6.69. The van der Waals surface area contributed by atoms with Gasteiger partial charge in [-0.15, -0.1) is 0 Å². The quantitative estimate of drug-likeness (QED) is 0.932. The minimum atomic E-state index is 0.634. The van der Waals surface area contributed by atoms with E-state index in [9.17, 15) is 0 Å². The topological polar surface area (TPSA) is 29.9 Å². The average molecular weight is 276 g/mol. The minimum absolute atomic E-state index is 0.634. The van der Waals surface area contributed by atoms with Crippen molar-refractivity contribution in [2.24, 2.45) is 5.92 Å². The van der Waals surface area contributed by atoms with Crippen molar-refractivity contribution in [2.45, 2.75) is 31.7 Å². The molecule has 1 saturated heterocycles. The Bertz CT molecular complexity index is 609. The molecular formula is C15H18ClN3. The summed E-state index contributed by atoms with van der Waals surface area (Å²) in [6.07, 6.45) is 4.88. The number of para-hydroxylation sites is 1. The van der Waals surface area contributed by atoms with Crippen LogP contribution < -0.4 is 5.32 Å². The molecule has 4 rings (SSSR count). The highest BCUT2D eigenvalue weighted by Gasteiger charge is 2.30. The Morgan fingerprint density at radius 2 is 2.21 bits per heavy atom. The van der Waals surface area contributed by atoms with E-state index in [1.54, 1.807) is 0 Å². The molecule has 1 saturated carbocycles. The van der Waals surface area contributed by atoms with Crippen molar-refractivity contribution in [2.75, 3.05) is 13.1 Å². The number of rotatable bonds is 3. The second kappa shape index (κ2) is 4.50. The molecule has 4 heteroatoms. The van der Waals surface area contributed by atoms with Crippen LogP contribution in [-0.4, -0.2) is 22.6 Å². The third kappa shape index (κ3) is 2.05. The first-order valence-corrected chi connectivity index (χ1v) is 7.57. The second-order valence-electron chi connectivity index (χ2n) is 5.80. The number of hydrogen-bond donors (Lipinski definition) is 1. The van der Waals surface area contributed by atoms with Gasteiger partial charge in [-0.05, 0) is 50.4 Å². The van der Waals surface area contributed by atoms with E-state index in [0.717, 1.165) is 41.5 Å². The lowest BCUT2D eigenvalue weighted by molar-refractivity contribution is 0.540. The molecule has 1 aromatic heterocycles. The lowest BCUT2D eigenvalue weighted by Gasteiger charge is -2.11. The summed E-state index contributed by atoms with van der Waals surface area (Å²) in [5.74, 6) is 1.97. The van der Waals surface area contributed by atoms with Crippen molar-refractivity contribution in [3.63, 3.8) is 0 Å². The average Bonchev–Trinajstić information content (AvgIpc) is 2.97. The van der Waals surface area contributed by atoms with Gasteiger partial charge in [0.2, 0.25) is 0 Å². The fraction of sp³-hybridized carbons (Fsp3) is 0.533.